The maximum Gasteiger partial charge on any atom is 0.241 e. The molecule has 1 unspecified atom stereocenters. The van der Waals surface area contributed by atoms with Gasteiger partial charge in [-0.3, -0.25) is 0 Å². The smallest absolute Gasteiger partial charge is 0.207 e. The van der Waals surface area contributed by atoms with E-state index in [0.717, 1.165) is 14.9 Å². The van der Waals surface area contributed by atoms with E-state index in [9.17, 15) is 8.42 Å². The van der Waals surface area contributed by atoms with Gasteiger partial charge in [0.25, 0.3) is 0 Å². The first-order valence-electron chi connectivity index (χ1n) is 6.63. The van der Waals surface area contributed by atoms with Gasteiger partial charge in [0.1, 0.15) is 0 Å². The molecule has 1 N–H and O–H groups in total. The van der Waals surface area contributed by atoms with Gasteiger partial charge >= 0.3 is 0 Å². The highest BCUT2D eigenvalue weighted by Crippen LogP contribution is 2.28. The van der Waals surface area contributed by atoms with Crippen LogP contribution < -0.4 is 4.72 Å². The first-order valence-corrected chi connectivity index (χ1v) is 9.78. The van der Waals surface area contributed by atoms with Gasteiger partial charge in [-0.1, -0.05) is 35.8 Å². The van der Waals surface area contributed by atoms with E-state index < -0.39 is 10.0 Å². The van der Waals surface area contributed by atoms with Gasteiger partial charge in [0.15, 0.2) is 0 Å². The van der Waals surface area contributed by atoms with Crippen molar-refractivity contribution in [2.45, 2.75) is 31.7 Å². The normalized spacial score (nSPS) is 13.6. The highest BCUT2D eigenvalue weighted by atomic mass is 79.9. The standard InChI is InChI=1S/C15H18BrNO2S2/c1-10(2)15(14-5-4-8-20-14)17-21(18,19)12-6-7-13(16)11(3)9-12/h4-10,15,17H,1-3H3. The molecule has 21 heavy (non-hydrogen) atoms. The van der Waals surface area contributed by atoms with Crippen LogP contribution in [0.2, 0.25) is 0 Å². The van der Waals surface area contributed by atoms with Gasteiger partial charge in [-0.25, -0.2) is 13.1 Å². The molecule has 0 bridgehead atoms. The number of hydrogen-bond acceptors (Lipinski definition) is 3. The number of halogens is 1. The summed E-state index contributed by atoms with van der Waals surface area (Å²) in [6, 6.07) is 8.75. The Labute approximate surface area is 138 Å². The Bertz CT molecular complexity index is 709. The molecule has 0 saturated heterocycles. The molecule has 1 heterocycles. The second kappa shape index (κ2) is 6.60. The van der Waals surface area contributed by atoms with E-state index >= 15 is 0 Å². The predicted octanol–water partition coefficient (Wildman–Crippen LogP) is 4.49. The largest absolute Gasteiger partial charge is 0.241 e. The first-order chi connectivity index (χ1) is 9.81. The molecule has 0 aliphatic rings. The van der Waals surface area contributed by atoms with E-state index in [1.54, 1.807) is 29.5 Å². The molecule has 0 radical (unpaired) electrons. The third-order valence-corrected chi connectivity index (χ3v) is 6.52. The van der Waals surface area contributed by atoms with E-state index in [1.807, 2.05) is 38.3 Å². The molecule has 0 amide bonds. The van der Waals surface area contributed by atoms with Crippen molar-refractivity contribution in [1.82, 2.24) is 4.72 Å². The number of nitrogens with one attached hydrogen (secondary N) is 1. The molecule has 1 atom stereocenters. The number of rotatable bonds is 5. The number of sulfonamides is 1. The third-order valence-electron chi connectivity index (χ3n) is 3.24. The van der Waals surface area contributed by atoms with E-state index in [4.69, 9.17) is 0 Å². The molecule has 0 saturated carbocycles. The van der Waals surface area contributed by atoms with Crippen molar-refractivity contribution in [3.8, 4) is 0 Å². The van der Waals surface area contributed by atoms with Crippen molar-refractivity contribution in [3.63, 3.8) is 0 Å². The number of benzene rings is 1. The van der Waals surface area contributed by atoms with E-state index in [-0.39, 0.29) is 12.0 Å². The summed E-state index contributed by atoms with van der Waals surface area (Å²) in [6.45, 7) is 5.90. The molecule has 6 heteroatoms. The second-order valence-corrected chi connectivity index (χ2v) is 8.82. The van der Waals surface area contributed by atoms with Crippen molar-refractivity contribution in [2.24, 2.45) is 5.92 Å². The fourth-order valence-electron chi connectivity index (χ4n) is 2.01. The van der Waals surface area contributed by atoms with Gasteiger partial charge < -0.3 is 0 Å². The molecule has 0 aliphatic heterocycles. The molecular weight excluding hydrogens is 370 g/mol. The highest BCUT2D eigenvalue weighted by Gasteiger charge is 2.24. The zero-order chi connectivity index (χ0) is 15.6. The van der Waals surface area contributed by atoms with Crippen LogP contribution in [0.5, 0.6) is 0 Å². The van der Waals surface area contributed by atoms with E-state index in [1.165, 1.54) is 0 Å². The zero-order valence-electron chi connectivity index (χ0n) is 12.1. The quantitative estimate of drug-likeness (QED) is 0.820. The third kappa shape index (κ3) is 3.94. The van der Waals surface area contributed by atoms with Crippen LogP contribution in [0.3, 0.4) is 0 Å². The van der Waals surface area contributed by atoms with E-state index in [2.05, 4.69) is 20.7 Å². The van der Waals surface area contributed by atoms with Crippen LogP contribution in [0.15, 0.2) is 45.1 Å². The van der Waals surface area contributed by atoms with Crippen LogP contribution >= 0.6 is 27.3 Å². The topological polar surface area (TPSA) is 46.2 Å². The Kier molecular flexibility index (Phi) is 5.24. The van der Waals surface area contributed by atoms with Crippen LogP contribution in [0.1, 0.15) is 30.3 Å². The maximum absolute atomic E-state index is 12.6. The fraction of sp³-hybridized carbons (Fsp3) is 0.333. The summed E-state index contributed by atoms with van der Waals surface area (Å²) in [4.78, 5) is 1.33. The number of hydrogen-bond donors (Lipinski definition) is 1. The molecule has 2 rings (SSSR count). The Balaban J connectivity index is 2.32. The summed E-state index contributed by atoms with van der Waals surface area (Å²) in [7, 11) is -3.53. The SMILES string of the molecule is Cc1cc(S(=O)(=O)NC(c2cccs2)C(C)C)ccc1Br. The molecule has 1 aromatic carbocycles. The van der Waals surface area contributed by atoms with Gasteiger partial charge in [-0.05, 0) is 48.1 Å². The minimum Gasteiger partial charge on any atom is -0.207 e. The maximum atomic E-state index is 12.6. The Morgan fingerprint density at radius 2 is 1.95 bits per heavy atom. The lowest BCUT2D eigenvalue weighted by molar-refractivity contribution is 0.469. The molecule has 3 nitrogen and oxygen atoms in total. The first kappa shape index (κ1) is 16.7. The van der Waals surface area contributed by atoms with Crippen LogP contribution in [-0.2, 0) is 10.0 Å². The van der Waals surface area contributed by atoms with Crippen LogP contribution in [0.25, 0.3) is 0 Å². The molecule has 2 aromatic rings. The molecule has 114 valence electrons. The van der Waals surface area contributed by atoms with Crippen molar-refractivity contribution in [3.05, 3.63) is 50.6 Å². The minimum absolute atomic E-state index is 0.176. The van der Waals surface area contributed by atoms with Gasteiger partial charge in [-0.15, -0.1) is 11.3 Å². The van der Waals surface area contributed by atoms with Crippen LogP contribution in [0, 0.1) is 12.8 Å². The minimum atomic E-state index is -3.53. The second-order valence-electron chi connectivity index (χ2n) is 5.27. The van der Waals surface area contributed by atoms with Gasteiger partial charge in [-0.2, -0.15) is 0 Å². The van der Waals surface area contributed by atoms with Crippen molar-refractivity contribution >= 4 is 37.3 Å². The molecule has 0 aliphatic carbocycles. The van der Waals surface area contributed by atoms with Gasteiger partial charge in [0, 0.05) is 9.35 Å². The molecule has 1 aromatic heterocycles. The van der Waals surface area contributed by atoms with Gasteiger partial charge in [0.05, 0.1) is 10.9 Å². The van der Waals surface area contributed by atoms with Crippen molar-refractivity contribution in [2.75, 3.05) is 0 Å². The summed E-state index contributed by atoms with van der Waals surface area (Å²) >= 11 is 4.95. The summed E-state index contributed by atoms with van der Waals surface area (Å²) < 4.78 is 28.9. The Hall–Kier alpha value is -0.690. The lowest BCUT2D eigenvalue weighted by Crippen LogP contribution is -2.31. The predicted molar refractivity (Wildman–Crippen MR) is 91.1 cm³/mol. The highest BCUT2D eigenvalue weighted by molar-refractivity contribution is 9.10. The summed E-state index contributed by atoms with van der Waals surface area (Å²) in [6.07, 6.45) is 0. The van der Waals surface area contributed by atoms with E-state index in [0.29, 0.717) is 4.90 Å². The number of aryl methyl sites for hydroxylation is 1. The zero-order valence-corrected chi connectivity index (χ0v) is 15.3. The van der Waals surface area contributed by atoms with Crippen molar-refractivity contribution in [1.29, 1.82) is 0 Å². The lowest BCUT2D eigenvalue weighted by atomic mass is 10.0. The summed E-state index contributed by atoms with van der Waals surface area (Å²) in [5, 5.41) is 1.96. The van der Waals surface area contributed by atoms with Crippen molar-refractivity contribution < 1.29 is 8.42 Å². The summed E-state index contributed by atoms with van der Waals surface area (Å²) in [5.41, 5.74) is 0.898. The lowest BCUT2D eigenvalue weighted by Gasteiger charge is -2.21. The molecule has 0 fully saturated rings. The molecule has 0 spiro atoms. The fourth-order valence-corrected chi connectivity index (χ4v) is 4.73. The molecular formula is C15H18BrNO2S2. The van der Waals surface area contributed by atoms with Crippen LogP contribution in [0.4, 0.5) is 0 Å². The Morgan fingerprint density at radius 3 is 2.48 bits per heavy atom. The number of thiophene rings is 1. The monoisotopic (exact) mass is 387 g/mol. The summed E-state index contributed by atoms with van der Waals surface area (Å²) in [5.74, 6) is 0.176. The Morgan fingerprint density at radius 1 is 1.24 bits per heavy atom. The van der Waals surface area contributed by atoms with Gasteiger partial charge in [0.2, 0.25) is 10.0 Å². The average molecular weight is 388 g/mol. The van der Waals surface area contributed by atoms with Crippen LogP contribution in [-0.4, -0.2) is 8.42 Å². The average Bonchev–Trinajstić information content (AvgIpc) is 2.92.